The molecular weight excluding hydrogens is 551 g/mol. The van der Waals surface area contributed by atoms with Gasteiger partial charge in [-0.25, -0.2) is 9.59 Å². The fourth-order valence-corrected chi connectivity index (χ4v) is 6.14. The molecule has 1 aliphatic heterocycles. The van der Waals surface area contributed by atoms with Crippen molar-refractivity contribution in [1.82, 2.24) is 16.0 Å². The molecule has 10 heteroatoms. The van der Waals surface area contributed by atoms with Crippen LogP contribution in [-0.4, -0.2) is 48.7 Å². The molecule has 1 fully saturated rings. The molecule has 208 valence electrons. The molecule has 2 aliphatic rings. The number of anilines is 1. The third-order valence-electron chi connectivity index (χ3n) is 7.59. The summed E-state index contributed by atoms with van der Waals surface area (Å²) in [5.41, 5.74) is 4.30. The van der Waals surface area contributed by atoms with Gasteiger partial charge in [0.25, 0.3) is 5.91 Å². The quantitative estimate of drug-likeness (QED) is 0.294. The highest BCUT2D eigenvalue weighted by Gasteiger charge is 2.29. The monoisotopic (exact) mass is 580 g/mol. The van der Waals surface area contributed by atoms with Crippen LogP contribution >= 0.6 is 23.2 Å². The average Bonchev–Trinajstić information content (AvgIpc) is 3.59. The molecule has 0 saturated carbocycles. The van der Waals surface area contributed by atoms with Gasteiger partial charge in [0.2, 0.25) is 0 Å². The number of urea groups is 1. The molecule has 1 unspecified atom stereocenters. The Morgan fingerprint density at radius 3 is 2.40 bits per heavy atom. The minimum Gasteiger partial charge on any atom is -0.480 e. The van der Waals surface area contributed by atoms with Gasteiger partial charge in [-0.15, -0.1) is 0 Å². The second-order valence-electron chi connectivity index (χ2n) is 10.1. The number of nitrogens with one attached hydrogen (secondary N) is 3. The zero-order chi connectivity index (χ0) is 28.2. The van der Waals surface area contributed by atoms with Crippen molar-refractivity contribution in [2.24, 2.45) is 0 Å². The van der Waals surface area contributed by atoms with Gasteiger partial charge in [0.15, 0.2) is 0 Å². The summed E-state index contributed by atoms with van der Waals surface area (Å²) in [4.78, 5) is 39.6. The minimum atomic E-state index is -1.38. The number of aryl methyl sites for hydroxylation is 1. The number of fused-ring (bicyclic) bond motifs is 1. The molecule has 40 heavy (non-hydrogen) atoms. The van der Waals surface area contributed by atoms with E-state index in [1.54, 1.807) is 12.1 Å². The summed E-state index contributed by atoms with van der Waals surface area (Å²) in [6.07, 6.45) is 2.61. The first-order valence-electron chi connectivity index (χ1n) is 13.2. The lowest BCUT2D eigenvalue weighted by atomic mass is 9.99. The molecule has 3 amide bonds. The molecule has 3 aromatic rings. The van der Waals surface area contributed by atoms with Crippen LogP contribution in [0.3, 0.4) is 0 Å². The number of nitrogens with zero attached hydrogens (tertiary/aromatic N) is 1. The maximum absolute atomic E-state index is 13.0. The Bertz CT molecular complexity index is 1390. The lowest BCUT2D eigenvalue weighted by Gasteiger charge is -2.21. The minimum absolute atomic E-state index is 0.0100. The highest BCUT2D eigenvalue weighted by Crippen LogP contribution is 2.36. The van der Waals surface area contributed by atoms with Crippen LogP contribution in [0.15, 0.2) is 66.7 Å². The number of amides is 3. The number of halogens is 2. The lowest BCUT2D eigenvalue weighted by molar-refractivity contribution is -0.139. The Morgan fingerprint density at radius 1 is 0.975 bits per heavy atom. The van der Waals surface area contributed by atoms with E-state index in [0.717, 1.165) is 43.6 Å². The average molecular weight is 582 g/mol. The Kier molecular flexibility index (Phi) is 8.47. The summed E-state index contributed by atoms with van der Waals surface area (Å²) in [5, 5.41) is 17.8. The van der Waals surface area contributed by atoms with Crippen LogP contribution in [0.2, 0.25) is 10.0 Å². The molecule has 0 radical (unpaired) electrons. The number of hydrogen-bond donors (Lipinski definition) is 4. The fraction of sp³-hybridized carbons (Fsp3) is 0.300. The van der Waals surface area contributed by atoms with Gasteiger partial charge >= 0.3 is 12.0 Å². The van der Waals surface area contributed by atoms with Gasteiger partial charge in [-0.05, 0) is 48.1 Å². The Labute approximate surface area is 242 Å². The van der Waals surface area contributed by atoms with Gasteiger partial charge in [-0.2, -0.15) is 0 Å². The van der Waals surface area contributed by atoms with Crippen LogP contribution in [0.25, 0.3) is 0 Å². The van der Waals surface area contributed by atoms with Crippen molar-refractivity contribution >= 4 is 46.8 Å². The van der Waals surface area contributed by atoms with Gasteiger partial charge in [0, 0.05) is 24.7 Å². The number of carbonyl (C=O) groups excluding carboxylic acids is 2. The molecule has 1 heterocycles. The second kappa shape index (κ2) is 12.2. The smallest absolute Gasteiger partial charge is 0.328 e. The highest BCUT2D eigenvalue weighted by atomic mass is 35.5. The molecule has 3 atom stereocenters. The predicted molar refractivity (Wildman–Crippen MR) is 155 cm³/mol. The van der Waals surface area contributed by atoms with Crippen molar-refractivity contribution in [2.75, 3.05) is 24.5 Å². The van der Waals surface area contributed by atoms with Crippen molar-refractivity contribution in [1.29, 1.82) is 0 Å². The standard InChI is InChI=1S/C30H30Cl2N4O4/c31-23-14-21(36-13-12-20(17-36)18-6-2-1-3-7-18)15-24(32)27(23)28(37)34-26(29(38)39)16-33-30(40)35-25-11-10-19-8-4-5-9-22(19)25/h1-9,14-15,20,25-26H,10-13,16-17H2,(H,34,37)(H,38,39)(H2,33,35,40)/t20-,25?,26-/m0/s1. The Hall–Kier alpha value is -3.75. The van der Waals surface area contributed by atoms with Crippen LogP contribution < -0.4 is 20.9 Å². The summed E-state index contributed by atoms with van der Waals surface area (Å²) in [6, 6.07) is 19.5. The van der Waals surface area contributed by atoms with E-state index in [9.17, 15) is 19.5 Å². The van der Waals surface area contributed by atoms with Crippen LogP contribution in [0.5, 0.6) is 0 Å². The van der Waals surface area contributed by atoms with Crippen LogP contribution in [-0.2, 0) is 11.2 Å². The van der Waals surface area contributed by atoms with E-state index >= 15 is 0 Å². The van der Waals surface area contributed by atoms with Gasteiger partial charge < -0.3 is 26.0 Å². The summed E-state index contributed by atoms with van der Waals surface area (Å²) in [5.74, 6) is -1.65. The number of rotatable bonds is 8. The maximum atomic E-state index is 13.0. The summed E-state index contributed by atoms with van der Waals surface area (Å²) >= 11 is 13.0. The number of carboxylic acids is 1. The molecule has 1 saturated heterocycles. The highest BCUT2D eigenvalue weighted by molar-refractivity contribution is 6.40. The molecule has 0 bridgehead atoms. The van der Waals surface area contributed by atoms with Crippen LogP contribution in [0.1, 0.15) is 51.8 Å². The number of carbonyl (C=O) groups is 3. The lowest BCUT2D eigenvalue weighted by Crippen LogP contribution is -2.50. The van der Waals surface area contributed by atoms with Crippen molar-refractivity contribution in [2.45, 2.75) is 37.3 Å². The molecule has 5 rings (SSSR count). The molecule has 1 aliphatic carbocycles. The molecule has 0 spiro atoms. The first kappa shape index (κ1) is 27.8. The first-order valence-corrected chi connectivity index (χ1v) is 14.0. The number of aliphatic carboxylic acids is 1. The SMILES string of the molecule is O=C(NC[C@H](NC(=O)c1c(Cl)cc(N2CC[C@H](c3ccccc3)C2)cc1Cl)C(=O)O)NC1CCc2ccccc21. The summed E-state index contributed by atoms with van der Waals surface area (Å²) in [7, 11) is 0. The Morgan fingerprint density at radius 2 is 1.68 bits per heavy atom. The van der Waals surface area contributed by atoms with E-state index < -0.39 is 23.9 Å². The van der Waals surface area contributed by atoms with Crippen molar-refractivity contribution < 1.29 is 19.5 Å². The van der Waals surface area contributed by atoms with E-state index in [4.69, 9.17) is 23.2 Å². The normalized spacial score (nSPS) is 18.6. The van der Waals surface area contributed by atoms with Gasteiger partial charge in [-0.3, -0.25) is 4.79 Å². The zero-order valence-electron chi connectivity index (χ0n) is 21.7. The predicted octanol–water partition coefficient (Wildman–Crippen LogP) is 5.16. The van der Waals surface area contributed by atoms with Gasteiger partial charge in [-0.1, -0.05) is 77.8 Å². The molecule has 8 nitrogen and oxygen atoms in total. The van der Waals surface area contributed by atoms with Crippen molar-refractivity contribution in [3.63, 3.8) is 0 Å². The van der Waals surface area contributed by atoms with Gasteiger partial charge in [0.05, 0.1) is 28.2 Å². The molecule has 3 aromatic carbocycles. The third-order valence-corrected chi connectivity index (χ3v) is 8.18. The summed E-state index contributed by atoms with van der Waals surface area (Å²) < 4.78 is 0. The first-order chi connectivity index (χ1) is 19.3. The van der Waals surface area contributed by atoms with Gasteiger partial charge in [0.1, 0.15) is 6.04 Å². The number of hydrogen-bond acceptors (Lipinski definition) is 4. The van der Waals surface area contributed by atoms with Crippen molar-refractivity contribution in [3.8, 4) is 0 Å². The van der Waals surface area contributed by atoms with Crippen LogP contribution in [0, 0.1) is 0 Å². The van der Waals surface area contributed by atoms with Crippen molar-refractivity contribution in [3.05, 3.63) is 99.0 Å². The topological polar surface area (TPSA) is 111 Å². The third kappa shape index (κ3) is 6.18. The van der Waals surface area contributed by atoms with Crippen LogP contribution in [0.4, 0.5) is 10.5 Å². The van der Waals surface area contributed by atoms with E-state index in [2.05, 4.69) is 33.0 Å². The largest absolute Gasteiger partial charge is 0.480 e. The molecule has 4 N–H and O–H groups in total. The fourth-order valence-electron chi connectivity index (χ4n) is 5.49. The Balaban J connectivity index is 1.19. The van der Waals surface area contributed by atoms with E-state index in [0.29, 0.717) is 5.92 Å². The molecular formula is C30H30Cl2N4O4. The maximum Gasteiger partial charge on any atom is 0.328 e. The molecule has 0 aromatic heterocycles. The van der Waals surface area contributed by atoms with E-state index in [-0.39, 0.29) is 28.2 Å². The second-order valence-corrected chi connectivity index (χ2v) is 10.9. The number of benzene rings is 3. The zero-order valence-corrected chi connectivity index (χ0v) is 23.2. The van der Waals surface area contributed by atoms with E-state index in [1.807, 2.05) is 42.5 Å². The summed E-state index contributed by atoms with van der Waals surface area (Å²) in [6.45, 7) is 1.30. The number of carboxylic acid groups (broad SMARTS) is 1. The van der Waals surface area contributed by atoms with E-state index in [1.165, 1.54) is 11.1 Å².